The Hall–Kier alpha value is -1.64. The minimum atomic E-state index is -0.295. The summed E-state index contributed by atoms with van der Waals surface area (Å²) >= 11 is 0. The fourth-order valence-corrected chi connectivity index (χ4v) is 3.87. The van der Waals surface area contributed by atoms with E-state index in [0.29, 0.717) is 17.4 Å². The van der Waals surface area contributed by atoms with Gasteiger partial charge in [-0.1, -0.05) is 30.3 Å². The van der Waals surface area contributed by atoms with E-state index in [4.69, 9.17) is 5.73 Å². The Morgan fingerprint density at radius 2 is 1.61 bits per heavy atom. The van der Waals surface area contributed by atoms with Gasteiger partial charge in [-0.15, -0.1) is 0 Å². The molecule has 0 aliphatic heterocycles. The highest BCUT2D eigenvalue weighted by Gasteiger charge is 2.52. The van der Waals surface area contributed by atoms with E-state index in [2.05, 4.69) is 0 Å². The molecule has 4 atom stereocenters. The summed E-state index contributed by atoms with van der Waals surface area (Å²) in [4.78, 5) is 24.2. The van der Waals surface area contributed by atoms with E-state index in [1.807, 2.05) is 30.3 Å². The van der Waals surface area contributed by atoms with Crippen molar-refractivity contribution >= 4 is 11.7 Å². The predicted octanol–water partition coefficient (Wildman–Crippen LogP) is 2.02. The van der Waals surface area contributed by atoms with Gasteiger partial charge in [-0.3, -0.25) is 9.59 Å². The van der Waals surface area contributed by atoms with Gasteiger partial charge >= 0.3 is 0 Å². The van der Waals surface area contributed by atoms with Crippen molar-refractivity contribution < 1.29 is 9.59 Å². The van der Waals surface area contributed by atoms with Crippen molar-refractivity contribution in [1.29, 1.82) is 0 Å². The molecule has 0 unspecified atom stereocenters. The molecule has 0 radical (unpaired) electrons. The highest BCUT2D eigenvalue weighted by molar-refractivity contribution is 6.01. The summed E-state index contributed by atoms with van der Waals surface area (Å²) in [5.74, 6) is 0.0913. The molecule has 0 spiro atoms. The van der Waals surface area contributed by atoms with Crippen LogP contribution in [0.25, 0.3) is 0 Å². The number of ketones is 1. The lowest BCUT2D eigenvalue weighted by atomic mass is 9.75. The monoisotopic (exact) mass is 243 g/mol. The third-order valence-corrected chi connectivity index (χ3v) is 4.61. The smallest absolute Gasteiger partial charge is 0.221 e. The van der Waals surface area contributed by atoms with Crippen LogP contribution in [0.2, 0.25) is 0 Å². The number of primary amides is 1. The summed E-state index contributed by atoms with van der Waals surface area (Å²) in [6.45, 7) is 0. The number of carbonyl (C=O) groups excluding carboxylic acids is 2. The molecule has 0 saturated heterocycles. The van der Waals surface area contributed by atoms with E-state index in [1.54, 1.807) is 0 Å². The third-order valence-electron chi connectivity index (χ3n) is 4.61. The van der Waals surface area contributed by atoms with E-state index in [1.165, 1.54) is 0 Å². The molecule has 3 rings (SSSR count). The normalized spacial score (nSPS) is 33.6. The van der Waals surface area contributed by atoms with E-state index < -0.39 is 0 Å². The lowest BCUT2D eigenvalue weighted by Crippen LogP contribution is -2.38. The number of carbonyl (C=O) groups is 2. The first-order valence-corrected chi connectivity index (χ1v) is 6.57. The molecule has 2 bridgehead atoms. The molecule has 1 aromatic carbocycles. The summed E-state index contributed by atoms with van der Waals surface area (Å²) in [5.41, 5.74) is 6.21. The number of Topliss-reactive ketones (excluding diaryl/α,β-unsaturated/α-hetero) is 1. The van der Waals surface area contributed by atoms with Crippen LogP contribution in [0.15, 0.2) is 30.3 Å². The predicted molar refractivity (Wildman–Crippen MR) is 67.8 cm³/mol. The molecule has 3 heteroatoms. The molecule has 2 fully saturated rings. The molecule has 0 heterocycles. The number of nitrogens with two attached hydrogens (primary N) is 1. The van der Waals surface area contributed by atoms with E-state index in [9.17, 15) is 9.59 Å². The minimum Gasteiger partial charge on any atom is -0.369 e. The van der Waals surface area contributed by atoms with Crippen LogP contribution in [0, 0.1) is 23.7 Å². The van der Waals surface area contributed by atoms with Gasteiger partial charge in [0, 0.05) is 11.5 Å². The molecular formula is C15H17NO2. The Kier molecular flexibility index (Phi) is 2.69. The average Bonchev–Trinajstić information content (AvgIpc) is 2.99. The van der Waals surface area contributed by atoms with Gasteiger partial charge in [-0.05, 0) is 31.1 Å². The quantitative estimate of drug-likeness (QED) is 0.825. The standard InChI is InChI=1S/C15H17NO2/c16-15(18)13-11-7-6-10(8-11)12(13)14(17)9-4-2-1-3-5-9/h1-5,10-13H,6-8H2,(H2,16,18)/t10-,11-,12+,13+/m0/s1. The maximum absolute atomic E-state index is 12.5. The van der Waals surface area contributed by atoms with Crippen LogP contribution in [0.1, 0.15) is 29.6 Å². The lowest BCUT2D eigenvalue weighted by molar-refractivity contribution is -0.124. The SMILES string of the molecule is NC(=O)[C@@H]1[C@H]2CC[C@@H](C2)[C@H]1C(=O)c1ccccc1. The second kappa shape index (κ2) is 4.23. The van der Waals surface area contributed by atoms with E-state index >= 15 is 0 Å². The van der Waals surface area contributed by atoms with Crippen LogP contribution in [0.3, 0.4) is 0 Å². The molecule has 0 aromatic heterocycles. The first kappa shape index (κ1) is 11.5. The molecule has 3 nitrogen and oxygen atoms in total. The van der Waals surface area contributed by atoms with Gasteiger partial charge in [0.15, 0.2) is 5.78 Å². The molecule has 2 aliphatic carbocycles. The van der Waals surface area contributed by atoms with Crippen LogP contribution in [-0.4, -0.2) is 11.7 Å². The number of amides is 1. The zero-order valence-corrected chi connectivity index (χ0v) is 10.2. The summed E-state index contributed by atoms with van der Waals surface area (Å²) < 4.78 is 0. The molecule has 2 aliphatic rings. The largest absolute Gasteiger partial charge is 0.369 e. The maximum atomic E-state index is 12.5. The first-order chi connectivity index (χ1) is 8.68. The Balaban J connectivity index is 1.91. The van der Waals surface area contributed by atoms with Crippen LogP contribution >= 0.6 is 0 Å². The van der Waals surface area contributed by atoms with Crippen molar-refractivity contribution in [3.05, 3.63) is 35.9 Å². The molecule has 2 saturated carbocycles. The van der Waals surface area contributed by atoms with Gasteiger partial charge in [0.1, 0.15) is 0 Å². The zero-order valence-electron chi connectivity index (χ0n) is 10.2. The molecular weight excluding hydrogens is 226 g/mol. The number of hydrogen-bond donors (Lipinski definition) is 1. The minimum absolute atomic E-state index is 0.103. The second-order valence-electron chi connectivity index (χ2n) is 5.52. The number of benzene rings is 1. The molecule has 1 amide bonds. The van der Waals surface area contributed by atoms with Gasteiger partial charge in [0.25, 0.3) is 0 Å². The molecule has 2 N–H and O–H groups in total. The van der Waals surface area contributed by atoms with Gasteiger partial charge < -0.3 is 5.73 Å². The van der Waals surface area contributed by atoms with Crippen molar-refractivity contribution in [2.24, 2.45) is 29.4 Å². The molecule has 1 aromatic rings. The summed E-state index contributed by atoms with van der Waals surface area (Å²) in [6.07, 6.45) is 3.12. The summed E-state index contributed by atoms with van der Waals surface area (Å²) in [5, 5.41) is 0. The molecule has 94 valence electrons. The fraction of sp³-hybridized carbons (Fsp3) is 0.467. The van der Waals surface area contributed by atoms with Crippen molar-refractivity contribution in [3.8, 4) is 0 Å². The fourth-order valence-electron chi connectivity index (χ4n) is 3.87. The van der Waals surface area contributed by atoms with Crippen LogP contribution in [0.4, 0.5) is 0 Å². The summed E-state index contributed by atoms with van der Waals surface area (Å²) in [7, 11) is 0. The Morgan fingerprint density at radius 1 is 1.00 bits per heavy atom. The van der Waals surface area contributed by atoms with Crippen LogP contribution in [-0.2, 0) is 4.79 Å². The van der Waals surface area contributed by atoms with Crippen molar-refractivity contribution in [2.75, 3.05) is 0 Å². The van der Waals surface area contributed by atoms with Crippen molar-refractivity contribution in [2.45, 2.75) is 19.3 Å². The number of hydrogen-bond acceptors (Lipinski definition) is 2. The molecule has 18 heavy (non-hydrogen) atoms. The first-order valence-electron chi connectivity index (χ1n) is 6.57. The van der Waals surface area contributed by atoms with Gasteiger partial charge in [0.2, 0.25) is 5.91 Å². The average molecular weight is 243 g/mol. The number of fused-ring (bicyclic) bond motifs is 2. The Labute approximate surface area is 106 Å². The van der Waals surface area contributed by atoms with Gasteiger partial charge in [0.05, 0.1) is 5.92 Å². The van der Waals surface area contributed by atoms with Crippen LogP contribution in [0.5, 0.6) is 0 Å². The Morgan fingerprint density at radius 3 is 2.22 bits per heavy atom. The third kappa shape index (κ3) is 1.65. The van der Waals surface area contributed by atoms with E-state index in [0.717, 1.165) is 19.3 Å². The van der Waals surface area contributed by atoms with Crippen molar-refractivity contribution in [1.82, 2.24) is 0 Å². The highest BCUT2D eigenvalue weighted by atomic mass is 16.1. The Bertz CT molecular complexity index is 483. The van der Waals surface area contributed by atoms with Gasteiger partial charge in [-0.2, -0.15) is 0 Å². The second-order valence-corrected chi connectivity index (χ2v) is 5.52. The zero-order chi connectivity index (χ0) is 12.7. The number of rotatable bonds is 3. The van der Waals surface area contributed by atoms with Crippen LogP contribution < -0.4 is 5.73 Å². The maximum Gasteiger partial charge on any atom is 0.221 e. The lowest BCUT2D eigenvalue weighted by Gasteiger charge is -2.27. The summed E-state index contributed by atoms with van der Waals surface area (Å²) in [6, 6.07) is 9.27. The highest BCUT2D eigenvalue weighted by Crippen LogP contribution is 2.53. The van der Waals surface area contributed by atoms with Crippen molar-refractivity contribution in [3.63, 3.8) is 0 Å². The van der Waals surface area contributed by atoms with E-state index in [-0.39, 0.29) is 23.5 Å². The van der Waals surface area contributed by atoms with Gasteiger partial charge in [-0.25, -0.2) is 0 Å². The topological polar surface area (TPSA) is 60.2 Å².